The lowest BCUT2D eigenvalue weighted by molar-refractivity contribution is -0.116. The lowest BCUT2D eigenvalue weighted by Gasteiger charge is -2.04. The zero-order chi connectivity index (χ0) is 11.1. The summed E-state index contributed by atoms with van der Waals surface area (Å²) in [5, 5.41) is 2.49. The van der Waals surface area contributed by atoms with Crippen LogP contribution >= 0.6 is 0 Å². The first-order valence-electron chi connectivity index (χ1n) is 4.68. The van der Waals surface area contributed by atoms with Gasteiger partial charge in [0, 0.05) is 12.8 Å². The molecule has 0 aliphatic carbocycles. The molecule has 78 valence electrons. The lowest BCUT2D eigenvalue weighted by atomic mass is 10.2. The van der Waals surface area contributed by atoms with Gasteiger partial charge in [-0.05, 0) is 19.1 Å². The number of carbonyl (C=O) groups is 1. The van der Waals surface area contributed by atoms with Crippen molar-refractivity contribution in [2.24, 2.45) is 0 Å². The van der Waals surface area contributed by atoms with Crippen molar-refractivity contribution in [2.45, 2.75) is 19.8 Å². The van der Waals surface area contributed by atoms with Crippen molar-refractivity contribution in [1.29, 1.82) is 0 Å². The normalized spacial score (nSPS) is 8.93. The van der Waals surface area contributed by atoms with Gasteiger partial charge in [0.1, 0.15) is 5.82 Å². The number of anilines is 1. The van der Waals surface area contributed by atoms with Crippen molar-refractivity contribution in [2.75, 3.05) is 5.32 Å². The van der Waals surface area contributed by atoms with Gasteiger partial charge in [-0.1, -0.05) is 12.1 Å². The molecule has 0 aromatic heterocycles. The Hall–Kier alpha value is -1.82. The van der Waals surface area contributed by atoms with E-state index in [9.17, 15) is 9.18 Å². The summed E-state index contributed by atoms with van der Waals surface area (Å²) in [7, 11) is 0. The molecule has 0 radical (unpaired) electrons. The van der Waals surface area contributed by atoms with Crippen molar-refractivity contribution in [3.05, 3.63) is 30.1 Å². The van der Waals surface area contributed by atoms with Crippen molar-refractivity contribution >= 4 is 11.6 Å². The fourth-order valence-electron chi connectivity index (χ4n) is 1.08. The van der Waals surface area contributed by atoms with Crippen molar-refractivity contribution in [3.8, 4) is 11.8 Å². The fraction of sp³-hybridized carbons (Fsp3) is 0.250. The van der Waals surface area contributed by atoms with E-state index in [1.807, 2.05) is 0 Å². The second kappa shape index (κ2) is 5.82. The van der Waals surface area contributed by atoms with E-state index in [-0.39, 0.29) is 18.0 Å². The third-order valence-corrected chi connectivity index (χ3v) is 1.80. The fourth-order valence-corrected chi connectivity index (χ4v) is 1.08. The Balaban J connectivity index is 2.50. The topological polar surface area (TPSA) is 29.1 Å². The Morgan fingerprint density at radius 3 is 2.87 bits per heavy atom. The summed E-state index contributed by atoms with van der Waals surface area (Å²) in [5.41, 5.74) is 0.215. The van der Waals surface area contributed by atoms with Gasteiger partial charge in [-0.25, -0.2) is 4.39 Å². The number of benzene rings is 1. The molecule has 0 saturated heterocycles. The van der Waals surface area contributed by atoms with Crippen LogP contribution in [0.3, 0.4) is 0 Å². The van der Waals surface area contributed by atoms with Gasteiger partial charge in [-0.3, -0.25) is 4.79 Å². The van der Waals surface area contributed by atoms with Crippen molar-refractivity contribution < 1.29 is 9.18 Å². The van der Waals surface area contributed by atoms with Crippen LogP contribution in [0.2, 0.25) is 0 Å². The summed E-state index contributed by atoms with van der Waals surface area (Å²) in [6.07, 6.45) is 0.784. The van der Waals surface area contributed by atoms with Gasteiger partial charge in [0.2, 0.25) is 5.91 Å². The van der Waals surface area contributed by atoms with Crippen LogP contribution in [0.4, 0.5) is 10.1 Å². The molecule has 1 N–H and O–H groups in total. The predicted octanol–water partition coefficient (Wildman–Crippen LogP) is 2.57. The third-order valence-electron chi connectivity index (χ3n) is 1.80. The summed E-state index contributed by atoms with van der Waals surface area (Å²) >= 11 is 0. The molecule has 1 rings (SSSR count). The molecule has 0 bridgehead atoms. The van der Waals surface area contributed by atoms with Crippen LogP contribution in [0.5, 0.6) is 0 Å². The minimum atomic E-state index is -0.424. The van der Waals surface area contributed by atoms with E-state index in [1.54, 1.807) is 19.1 Å². The van der Waals surface area contributed by atoms with E-state index in [1.165, 1.54) is 12.1 Å². The summed E-state index contributed by atoms with van der Waals surface area (Å²) < 4.78 is 13.1. The quantitative estimate of drug-likeness (QED) is 0.755. The van der Waals surface area contributed by atoms with Crippen LogP contribution in [-0.4, -0.2) is 5.91 Å². The number of para-hydroxylation sites is 1. The predicted molar refractivity (Wildman–Crippen MR) is 57.7 cm³/mol. The first kappa shape index (κ1) is 11.3. The second-order valence-corrected chi connectivity index (χ2v) is 2.95. The van der Waals surface area contributed by atoms with Crippen LogP contribution in [-0.2, 0) is 4.79 Å². The average Bonchev–Trinajstić information content (AvgIpc) is 2.22. The second-order valence-electron chi connectivity index (χ2n) is 2.95. The molecule has 0 aliphatic rings. The molecule has 0 aliphatic heterocycles. The molecular formula is C12H12FNO. The van der Waals surface area contributed by atoms with Crippen LogP contribution in [0.15, 0.2) is 24.3 Å². The summed E-state index contributed by atoms with van der Waals surface area (Å²) in [6, 6.07) is 6.08. The van der Waals surface area contributed by atoms with Gasteiger partial charge < -0.3 is 5.32 Å². The Labute approximate surface area is 88.5 Å². The van der Waals surface area contributed by atoms with E-state index in [4.69, 9.17) is 0 Å². The molecule has 0 saturated carbocycles. The Kier molecular flexibility index (Phi) is 4.36. The zero-order valence-corrected chi connectivity index (χ0v) is 8.51. The van der Waals surface area contributed by atoms with Gasteiger partial charge in [0.25, 0.3) is 0 Å². The van der Waals surface area contributed by atoms with Gasteiger partial charge >= 0.3 is 0 Å². The van der Waals surface area contributed by atoms with Crippen LogP contribution in [0, 0.1) is 17.7 Å². The number of nitrogens with one attached hydrogen (secondary N) is 1. The number of amides is 1. The van der Waals surface area contributed by atoms with Crippen molar-refractivity contribution in [3.63, 3.8) is 0 Å². The Morgan fingerprint density at radius 1 is 1.47 bits per heavy atom. The number of hydrogen-bond donors (Lipinski definition) is 1. The van der Waals surface area contributed by atoms with E-state index in [0.717, 1.165) is 0 Å². The molecule has 3 heteroatoms. The molecule has 1 aromatic rings. The van der Waals surface area contributed by atoms with Crippen molar-refractivity contribution in [1.82, 2.24) is 0 Å². The minimum Gasteiger partial charge on any atom is -0.324 e. The highest BCUT2D eigenvalue weighted by atomic mass is 19.1. The summed E-state index contributed by atoms with van der Waals surface area (Å²) in [5.74, 6) is 4.83. The molecule has 15 heavy (non-hydrogen) atoms. The number of rotatable bonds is 3. The highest BCUT2D eigenvalue weighted by Gasteiger charge is 2.04. The maximum Gasteiger partial charge on any atom is 0.225 e. The van der Waals surface area contributed by atoms with Gasteiger partial charge in [0.15, 0.2) is 0 Å². The first-order valence-corrected chi connectivity index (χ1v) is 4.68. The van der Waals surface area contributed by atoms with Crippen LogP contribution in [0.25, 0.3) is 0 Å². The van der Waals surface area contributed by atoms with E-state index in [2.05, 4.69) is 17.2 Å². The van der Waals surface area contributed by atoms with E-state index >= 15 is 0 Å². The smallest absolute Gasteiger partial charge is 0.225 e. The highest BCUT2D eigenvalue weighted by Crippen LogP contribution is 2.12. The monoisotopic (exact) mass is 205 g/mol. The molecule has 2 nitrogen and oxygen atoms in total. The van der Waals surface area contributed by atoms with E-state index in [0.29, 0.717) is 6.42 Å². The van der Waals surface area contributed by atoms with E-state index < -0.39 is 5.82 Å². The number of carbonyl (C=O) groups excluding carboxylic acids is 1. The Bertz CT molecular complexity index is 404. The Morgan fingerprint density at radius 2 is 2.20 bits per heavy atom. The lowest BCUT2D eigenvalue weighted by Crippen LogP contribution is -2.11. The SMILES string of the molecule is CC#CCCC(=O)Nc1ccccc1F. The molecule has 1 aromatic carbocycles. The average molecular weight is 205 g/mol. The van der Waals surface area contributed by atoms with Crippen LogP contribution < -0.4 is 5.32 Å². The molecule has 0 spiro atoms. The molecule has 0 atom stereocenters. The standard InChI is InChI=1S/C12H12FNO/c1-2-3-4-9-12(15)14-11-8-6-5-7-10(11)13/h5-8H,4,9H2,1H3,(H,14,15). The third kappa shape index (κ3) is 3.82. The molecule has 0 unspecified atom stereocenters. The summed E-state index contributed by atoms with van der Waals surface area (Å²) in [4.78, 5) is 11.3. The maximum atomic E-state index is 13.1. The maximum absolute atomic E-state index is 13.1. The zero-order valence-electron chi connectivity index (χ0n) is 8.51. The molecule has 0 heterocycles. The minimum absolute atomic E-state index is 0.215. The molecule has 0 fully saturated rings. The largest absolute Gasteiger partial charge is 0.324 e. The molecule has 1 amide bonds. The first-order chi connectivity index (χ1) is 7.24. The number of hydrogen-bond acceptors (Lipinski definition) is 1. The number of halogens is 1. The van der Waals surface area contributed by atoms with Gasteiger partial charge in [-0.2, -0.15) is 0 Å². The van der Waals surface area contributed by atoms with Gasteiger partial charge in [-0.15, -0.1) is 11.8 Å². The summed E-state index contributed by atoms with van der Waals surface area (Å²) in [6.45, 7) is 1.72. The van der Waals surface area contributed by atoms with Gasteiger partial charge in [0.05, 0.1) is 5.69 Å². The highest BCUT2D eigenvalue weighted by molar-refractivity contribution is 5.90. The molecular weight excluding hydrogens is 193 g/mol. The van der Waals surface area contributed by atoms with Crippen LogP contribution in [0.1, 0.15) is 19.8 Å².